The van der Waals surface area contributed by atoms with E-state index >= 15 is 0 Å². The van der Waals surface area contributed by atoms with Crippen LogP contribution in [0.25, 0.3) is 0 Å². The molecule has 0 radical (unpaired) electrons. The van der Waals surface area contributed by atoms with Crippen molar-refractivity contribution in [1.29, 1.82) is 0 Å². The molecule has 3 aromatic rings. The summed E-state index contributed by atoms with van der Waals surface area (Å²) in [6.07, 6.45) is 0.400. The monoisotopic (exact) mass is 377 g/mol. The zero-order valence-electron chi connectivity index (χ0n) is 15.3. The zero-order chi connectivity index (χ0) is 19.1. The lowest BCUT2D eigenvalue weighted by atomic mass is 10.0. The van der Waals surface area contributed by atoms with Gasteiger partial charge >= 0.3 is 0 Å². The molecule has 1 atom stereocenters. The smallest absolute Gasteiger partial charge is 0.164 e. The summed E-state index contributed by atoms with van der Waals surface area (Å²) >= 11 is 1.62. The Morgan fingerprint density at radius 3 is 2.30 bits per heavy atom. The fourth-order valence-corrected chi connectivity index (χ4v) is 4.02. The van der Waals surface area contributed by atoms with Gasteiger partial charge in [-0.3, -0.25) is 4.79 Å². The topological polar surface area (TPSA) is 52.3 Å². The number of anilines is 1. The number of ether oxygens (including phenoxy) is 1. The van der Waals surface area contributed by atoms with Crippen molar-refractivity contribution in [3.05, 3.63) is 90.0 Å². The summed E-state index contributed by atoms with van der Waals surface area (Å²) in [6.45, 7) is 2.59. The number of rotatable bonds is 8. The summed E-state index contributed by atoms with van der Waals surface area (Å²) in [5, 5.41) is -0.0296. The lowest BCUT2D eigenvalue weighted by Gasteiger charge is -2.18. The van der Waals surface area contributed by atoms with E-state index in [2.05, 4.69) is 0 Å². The van der Waals surface area contributed by atoms with Crippen LogP contribution in [-0.4, -0.2) is 12.4 Å². The van der Waals surface area contributed by atoms with Gasteiger partial charge in [-0.15, -0.1) is 11.8 Å². The minimum Gasteiger partial charge on any atom is -0.494 e. The number of benzene rings is 3. The molecule has 0 aliphatic rings. The molecule has 0 saturated carbocycles. The number of nitrogens with two attached hydrogens (primary N) is 1. The van der Waals surface area contributed by atoms with E-state index in [9.17, 15) is 4.79 Å². The molecule has 3 rings (SSSR count). The van der Waals surface area contributed by atoms with E-state index < -0.39 is 0 Å². The molecule has 0 bridgehead atoms. The quantitative estimate of drug-likeness (QED) is 0.307. The van der Waals surface area contributed by atoms with Crippen molar-refractivity contribution >= 4 is 23.2 Å². The fourth-order valence-electron chi connectivity index (χ4n) is 2.82. The van der Waals surface area contributed by atoms with Crippen molar-refractivity contribution in [1.82, 2.24) is 0 Å². The minimum atomic E-state index is -0.0296. The van der Waals surface area contributed by atoms with Gasteiger partial charge in [0.05, 0.1) is 6.61 Å². The van der Waals surface area contributed by atoms with E-state index in [-0.39, 0.29) is 11.0 Å². The molecule has 0 amide bonds. The third-order valence-electron chi connectivity index (χ3n) is 4.22. The first kappa shape index (κ1) is 19.1. The molecule has 138 valence electrons. The second-order valence-corrected chi connectivity index (χ2v) is 7.38. The van der Waals surface area contributed by atoms with Crippen LogP contribution >= 0.6 is 11.8 Å². The normalized spacial score (nSPS) is 11.7. The second-order valence-electron chi connectivity index (χ2n) is 6.14. The second kappa shape index (κ2) is 9.28. The summed E-state index contributed by atoms with van der Waals surface area (Å²) in [5.41, 5.74) is 8.67. The maximum atomic E-state index is 12.8. The molecule has 0 saturated heterocycles. The van der Waals surface area contributed by atoms with Crippen molar-refractivity contribution in [2.75, 3.05) is 12.3 Å². The molecule has 3 aromatic carbocycles. The van der Waals surface area contributed by atoms with Gasteiger partial charge in [-0.25, -0.2) is 0 Å². The third kappa shape index (κ3) is 5.14. The highest BCUT2D eigenvalue weighted by Gasteiger charge is 2.19. The van der Waals surface area contributed by atoms with Gasteiger partial charge in [0.1, 0.15) is 5.75 Å². The number of carbonyl (C=O) groups excluding carboxylic acids is 1. The van der Waals surface area contributed by atoms with Gasteiger partial charge in [-0.1, -0.05) is 54.6 Å². The van der Waals surface area contributed by atoms with Crippen LogP contribution in [0.15, 0.2) is 83.8 Å². The van der Waals surface area contributed by atoms with Crippen LogP contribution in [0.2, 0.25) is 0 Å². The minimum absolute atomic E-state index is 0.0296. The standard InChI is InChI=1S/C23H23NO2S/c1-2-26-19-14-12-18(13-15-19)23(27-22-11-7-6-10-20(22)24)16-21(25)17-8-4-3-5-9-17/h3-15,23H,2,16,24H2,1H3/t23-/m1/s1. The molecule has 0 unspecified atom stereocenters. The molecule has 0 spiro atoms. The van der Waals surface area contributed by atoms with E-state index in [1.807, 2.05) is 85.8 Å². The highest BCUT2D eigenvalue weighted by atomic mass is 32.2. The Bertz CT molecular complexity index is 878. The molecular weight excluding hydrogens is 354 g/mol. The molecule has 27 heavy (non-hydrogen) atoms. The number of ketones is 1. The summed E-state index contributed by atoms with van der Waals surface area (Å²) in [6, 6.07) is 25.1. The average Bonchev–Trinajstić information content (AvgIpc) is 2.70. The van der Waals surface area contributed by atoms with Gasteiger partial charge in [0, 0.05) is 27.8 Å². The Balaban J connectivity index is 1.86. The molecule has 0 heterocycles. The number of thioether (sulfide) groups is 1. The van der Waals surface area contributed by atoms with Gasteiger partial charge in [0.15, 0.2) is 5.78 Å². The van der Waals surface area contributed by atoms with Crippen molar-refractivity contribution in [2.45, 2.75) is 23.5 Å². The highest BCUT2D eigenvalue weighted by Crippen LogP contribution is 2.41. The number of hydrogen-bond donors (Lipinski definition) is 1. The molecule has 0 aliphatic carbocycles. The maximum absolute atomic E-state index is 12.8. The van der Waals surface area contributed by atoms with Crippen molar-refractivity contribution in [2.24, 2.45) is 0 Å². The van der Waals surface area contributed by atoms with E-state index in [0.29, 0.717) is 13.0 Å². The van der Waals surface area contributed by atoms with Gasteiger partial charge < -0.3 is 10.5 Å². The maximum Gasteiger partial charge on any atom is 0.164 e. The van der Waals surface area contributed by atoms with Gasteiger partial charge in [0.2, 0.25) is 0 Å². The zero-order valence-corrected chi connectivity index (χ0v) is 16.1. The molecule has 0 aliphatic heterocycles. The van der Waals surface area contributed by atoms with Crippen molar-refractivity contribution in [3.8, 4) is 5.75 Å². The SMILES string of the molecule is CCOc1ccc([C@@H](CC(=O)c2ccccc2)Sc2ccccc2N)cc1. The summed E-state index contributed by atoms with van der Waals surface area (Å²) < 4.78 is 5.53. The first-order valence-corrected chi connectivity index (χ1v) is 9.87. The molecule has 3 nitrogen and oxygen atoms in total. The molecule has 2 N–H and O–H groups in total. The number of Topliss-reactive ketones (excluding diaryl/α,β-unsaturated/α-hetero) is 1. The van der Waals surface area contributed by atoms with E-state index in [1.54, 1.807) is 11.8 Å². The Hall–Kier alpha value is -2.72. The molecular formula is C23H23NO2S. The van der Waals surface area contributed by atoms with Crippen LogP contribution in [-0.2, 0) is 0 Å². The first-order valence-electron chi connectivity index (χ1n) is 8.99. The van der Waals surface area contributed by atoms with Crippen LogP contribution in [0, 0.1) is 0 Å². The highest BCUT2D eigenvalue weighted by molar-refractivity contribution is 7.99. The van der Waals surface area contributed by atoms with Crippen LogP contribution in [0.4, 0.5) is 5.69 Å². The number of para-hydroxylation sites is 1. The lowest BCUT2D eigenvalue weighted by Crippen LogP contribution is -2.06. The van der Waals surface area contributed by atoms with Crippen molar-refractivity contribution in [3.63, 3.8) is 0 Å². The van der Waals surface area contributed by atoms with Crippen LogP contribution < -0.4 is 10.5 Å². The first-order chi connectivity index (χ1) is 13.2. The summed E-state index contributed by atoms with van der Waals surface area (Å²) in [4.78, 5) is 13.8. The van der Waals surface area contributed by atoms with Crippen LogP contribution in [0.3, 0.4) is 0 Å². The third-order valence-corrected chi connectivity index (χ3v) is 5.57. The number of hydrogen-bond acceptors (Lipinski definition) is 4. The molecule has 0 fully saturated rings. The largest absolute Gasteiger partial charge is 0.494 e. The van der Waals surface area contributed by atoms with E-state index in [1.165, 1.54) is 0 Å². The average molecular weight is 378 g/mol. The Kier molecular flexibility index (Phi) is 6.55. The lowest BCUT2D eigenvalue weighted by molar-refractivity contribution is 0.0982. The number of nitrogen functional groups attached to an aromatic ring is 1. The summed E-state index contributed by atoms with van der Waals surface area (Å²) in [7, 11) is 0. The Morgan fingerprint density at radius 1 is 0.963 bits per heavy atom. The van der Waals surface area contributed by atoms with Gasteiger partial charge in [-0.2, -0.15) is 0 Å². The number of carbonyl (C=O) groups is 1. The predicted molar refractivity (Wildman–Crippen MR) is 112 cm³/mol. The van der Waals surface area contributed by atoms with Crippen LogP contribution in [0.5, 0.6) is 5.75 Å². The van der Waals surface area contributed by atoms with Gasteiger partial charge in [0.25, 0.3) is 0 Å². The van der Waals surface area contributed by atoms with E-state index in [0.717, 1.165) is 27.5 Å². The molecule has 0 aromatic heterocycles. The molecule has 4 heteroatoms. The van der Waals surface area contributed by atoms with Crippen LogP contribution in [0.1, 0.15) is 34.5 Å². The predicted octanol–water partition coefficient (Wildman–Crippen LogP) is 5.77. The Labute approximate surface area is 164 Å². The Morgan fingerprint density at radius 2 is 1.63 bits per heavy atom. The van der Waals surface area contributed by atoms with Gasteiger partial charge in [-0.05, 0) is 36.8 Å². The van der Waals surface area contributed by atoms with E-state index in [4.69, 9.17) is 10.5 Å². The summed E-state index contributed by atoms with van der Waals surface area (Å²) in [5.74, 6) is 0.954. The van der Waals surface area contributed by atoms with Crippen molar-refractivity contribution < 1.29 is 9.53 Å². The fraction of sp³-hybridized carbons (Fsp3) is 0.174.